The number of nitrogens with one attached hydrogen (secondary N) is 1. The number of rotatable bonds is 4. The second-order valence-corrected chi connectivity index (χ2v) is 9.97. The van der Waals surface area contributed by atoms with Gasteiger partial charge in [-0.3, -0.25) is 14.8 Å². The molecule has 39 heavy (non-hydrogen) atoms. The summed E-state index contributed by atoms with van der Waals surface area (Å²) in [7, 11) is 0. The fourth-order valence-electron chi connectivity index (χ4n) is 4.05. The fourth-order valence-corrected chi connectivity index (χ4v) is 4.05. The van der Waals surface area contributed by atoms with Crippen LogP contribution in [0.15, 0.2) is 55.1 Å². The summed E-state index contributed by atoms with van der Waals surface area (Å²) in [6.07, 6.45) is 5.32. The third-order valence-corrected chi connectivity index (χ3v) is 5.96. The van der Waals surface area contributed by atoms with Crippen molar-refractivity contribution in [2.24, 2.45) is 0 Å². The number of carbonyl (C=O) groups is 2. The third kappa shape index (κ3) is 6.06. The molecule has 2 amide bonds. The number of benzene rings is 1. The van der Waals surface area contributed by atoms with Crippen molar-refractivity contribution < 1.29 is 18.7 Å². The Labute approximate surface area is 224 Å². The van der Waals surface area contributed by atoms with Crippen LogP contribution in [0.25, 0.3) is 22.3 Å². The van der Waals surface area contributed by atoms with E-state index in [4.69, 9.17) is 4.74 Å². The van der Waals surface area contributed by atoms with E-state index >= 15 is 0 Å². The zero-order chi connectivity index (χ0) is 27.6. The lowest BCUT2D eigenvalue weighted by molar-refractivity contribution is 0.0141. The van der Waals surface area contributed by atoms with Crippen LogP contribution in [0.5, 0.6) is 0 Å². The maximum atomic E-state index is 14.6. The lowest BCUT2D eigenvalue weighted by Gasteiger charge is -2.35. The molecule has 1 aliphatic rings. The van der Waals surface area contributed by atoms with Crippen molar-refractivity contribution in [1.82, 2.24) is 34.7 Å². The number of amides is 2. The number of ether oxygens (including phenoxy) is 1. The second kappa shape index (κ2) is 10.6. The third-order valence-electron chi connectivity index (χ3n) is 5.96. The van der Waals surface area contributed by atoms with Gasteiger partial charge in [-0.2, -0.15) is 0 Å². The van der Waals surface area contributed by atoms with Crippen LogP contribution in [0.4, 0.5) is 21.0 Å². The number of aromatic nitrogens is 5. The standard InChI is InChI=1S/C27H27FN8O3/c1-27(2,3)39-26(38)36-12-10-35(11-13-36)24(37)18-5-7-22(31-15-18)33-25-32-16-19(28)23(34-25)17-4-6-20-21(14-17)30-9-8-29-20/h4-9,14-16H,10-13H2,1-3H3,(H,31,32,33,34). The topological polar surface area (TPSA) is 126 Å². The summed E-state index contributed by atoms with van der Waals surface area (Å²) in [6.45, 7) is 7.02. The van der Waals surface area contributed by atoms with Crippen molar-refractivity contribution in [3.05, 3.63) is 66.5 Å². The molecule has 5 rings (SSSR count). The molecule has 1 fully saturated rings. The average molecular weight is 531 g/mol. The molecule has 0 atom stereocenters. The van der Waals surface area contributed by atoms with E-state index in [1.54, 1.807) is 52.5 Å². The number of pyridine rings is 1. The van der Waals surface area contributed by atoms with E-state index in [0.717, 1.165) is 6.20 Å². The number of piperazine rings is 1. The van der Waals surface area contributed by atoms with Gasteiger partial charge in [-0.05, 0) is 45.0 Å². The number of nitrogens with zero attached hydrogens (tertiary/aromatic N) is 7. The molecule has 1 aliphatic heterocycles. The molecule has 0 saturated carbocycles. The fraction of sp³-hybridized carbons (Fsp3) is 0.296. The van der Waals surface area contributed by atoms with E-state index in [0.29, 0.717) is 54.2 Å². The summed E-state index contributed by atoms with van der Waals surface area (Å²) in [5.41, 5.74) is 1.79. The molecule has 0 spiro atoms. The van der Waals surface area contributed by atoms with Crippen LogP contribution >= 0.6 is 0 Å². The van der Waals surface area contributed by atoms with Crippen LogP contribution in [0.3, 0.4) is 0 Å². The first-order chi connectivity index (χ1) is 18.7. The Morgan fingerprint density at radius 1 is 0.897 bits per heavy atom. The van der Waals surface area contributed by atoms with Crippen LogP contribution in [-0.4, -0.2) is 78.5 Å². The first-order valence-corrected chi connectivity index (χ1v) is 12.4. The van der Waals surface area contributed by atoms with Gasteiger partial charge in [0, 0.05) is 50.3 Å². The maximum absolute atomic E-state index is 14.6. The SMILES string of the molecule is CC(C)(C)OC(=O)N1CCN(C(=O)c2ccc(Nc3ncc(F)c(-c4ccc5nccnc5c4)n3)nc2)CC1. The molecule has 4 aromatic rings. The van der Waals surface area contributed by atoms with Gasteiger partial charge >= 0.3 is 6.09 Å². The van der Waals surface area contributed by atoms with Gasteiger partial charge in [0.1, 0.15) is 17.1 Å². The van der Waals surface area contributed by atoms with E-state index in [9.17, 15) is 14.0 Å². The molecule has 1 saturated heterocycles. The molecule has 12 heteroatoms. The van der Waals surface area contributed by atoms with E-state index in [-0.39, 0.29) is 23.6 Å². The monoisotopic (exact) mass is 530 g/mol. The molecule has 0 unspecified atom stereocenters. The van der Waals surface area contributed by atoms with Gasteiger partial charge in [0.2, 0.25) is 5.95 Å². The zero-order valence-corrected chi connectivity index (χ0v) is 21.8. The van der Waals surface area contributed by atoms with Gasteiger partial charge < -0.3 is 19.9 Å². The molecule has 200 valence electrons. The second-order valence-electron chi connectivity index (χ2n) is 9.97. The van der Waals surface area contributed by atoms with Crippen LogP contribution in [0.1, 0.15) is 31.1 Å². The Hall–Kier alpha value is -4.74. The quantitative estimate of drug-likeness (QED) is 0.416. The van der Waals surface area contributed by atoms with E-state index in [1.807, 2.05) is 20.8 Å². The number of fused-ring (bicyclic) bond motifs is 1. The predicted octanol–water partition coefficient (Wildman–Crippen LogP) is 4.06. The van der Waals surface area contributed by atoms with E-state index < -0.39 is 11.4 Å². The van der Waals surface area contributed by atoms with Gasteiger partial charge in [-0.15, -0.1) is 0 Å². The number of carbonyl (C=O) groups excluding carboxylic acids is 2. The highest BCUT2D eigenvalue weighted by molar-refractivity contribution is 5.94. The summed E-state index contributed by atoms with van der Waals surface area (Å²) in [4.78, 5) is 49.6. The van der Waals surface area contributed by atoms with E-state index in [2.05, 4.69) is 30.2 Å². The highest BCUT2D eigenvalue weighted by Crippen LogP contribution is 2.25. The summed E-state index contributed by atoms with van der Waals surface area (Å²) in [5.74, 6) is -0.221. The lowest BCUT2D eigenvalue weighted by Crippen LogP contribution is -2.51. The summed E-state index contributed by atoms with van der Waals surface area (Å²) < 4.78 is 20.0. The number of hydrogen-bond acceptors (Lipinski definition) is 9. The minimum Gasteiger partial charge on any atom is -0.444 e. The Kier molecular flexibility index (Phi) is 7.01. The molecule has 4 heterocycles. The van der Waals surface area contributed by atoms with Gasteiger partial charge in [-0.25, -0.2) is 24.1 Å². The molecule has 3 aromatic heterocycles. The smallest absolute Gasteiger partial charge is 0.410 e. The van der Waals surface area contributed by atoms with Crippen LogP contribution in [-0.2, 0) is 4.74 Å². The minimum atomic E-state index is -0.579. The Morgan fingerprint density at radius 2 is 1.62 bits per heavy atom. The summed E-state index contributed by atoms with van der Waals surface area (Å²) in [5, 5.41) is 2.95. The summed E-state index contributed by atoms with van der Waals surface area (Å²) in [6, 6.07) is 8.45. The summed E-state index contributed by atoms with van der Waals surface area (Å²) >= 11 is 0. The van der Waals surface area contributed by atoms with Crippen molar-refractivity contribution in [3.63, 3.8) is 0 Å². The van der Waals surface area contributed by atoms with E-state index in [1.165, 1.54) is 6.20 Å². The van der Waals surface area contributed by atoms with Crippen LogP contribution in [0, 0.1) is 5.82 Å². The first kappa shape index (κ1) is 25.9. The number of hydrogen-bond donors (Lipinski definition) is 1. The molecule has 0 radical (unpaired) electrons. The zero-order valence-electron chi connectivity index (χ0n) is 21.8. The number of halogens is 1. The van der Waals surface area contributed by atoms with Crippen molar-refractivity contribution in [2.45, 2.75) is 26.4 Å². The molecule has 0 aliphatic carbocycles. The largest absolute Gasteiger partial charge is 0.444 e. The Balaban J connectivity index is 1.23. The molecular weight excluding hydrogens is 503 g/mol. The van der Waals surface area contributed by atoms with Gasteiger partial charge in [-0.1, -0.05) is 6.07 Å². The highest BCUT2D eigenvalue weighted by atomic mass is 19.1. The van der Waals surface area contributed by atoms with Crippen molar-refractivity contribution in [3.8, 4) is 11.3 Å². The molecular formula is C27H27FN8O3. The first-order valence-electron chi connectivity index (χ1n) is 12.4. The minimum absolute atomic E-state index is 0.109. The Bertz CT molecular complexity index is 1520. The normalized spacial score (nSPS) is 13.8. The predicted molar refractivity (Wildman–Crippen MR) is 142 cm³/mol. The average Bonchev–Trinajstić information content (AvgIpc) is 2.93. The van der Waals surface area contributed by atoms with Crippen molar-refractivity contribution >= 4 is 34.8 Å². The maximum Gasteiger partial charge on any atom is 0.410 e. The molecule has 11 nitrogen and oxygen atoms in total. The van der Waals surface area contributed by atoms with Gasteiger partial charge in [0.25, 0.3) is 5.91 Å². The van der Waals surface area contributed by atoms with Crippen LogP contribution < -0.4 is 5.32 Å². The molecule has 0 bridgehead atoms. The van der Waals surface area contributed by atoms with Crippen LogP contribution in [0.2, 0.25) is 0 Å². The van der Waals surface area contributed by atoms with Gasteiger partial charge in [0.05, 0.1) is 22.8 Å². The van der Waals surface area contributed by atoms with Crippen molar-refractivity contribution in [1.29, 1.82) is 0 Å². The molecule has 1 N–H and O–H groups in total. The number of anilines is 2. The van der Waals surface area contributed by atoms with Crippen molar-refractivity contribution in [2.75, 3.05) is 31.5 Å². The Morgan fingerprint density at radius 3 is 2.31 bits per heavy atom. The van der Waals surface area contributed by atoms with Gasteiger partial charge in [0.15, 0.2) is 5.82 Å². The highest BCUT2D eigenvalue weighted by Gasteiger charge is 2.28. The lowest BCUT2D eigenvalue weighted by atomic mass is 10.1. The molecule has 1 aromatic carbocycles.